The summed E-state index contributed by atoms with van der Waals surface area (Å²) in [5, 5.41) is 5.21. The predicted octanol–water partition coefficient (Wildman–Crippen LogP) is 3.79. The van der Waals surface area contributed by atoms with E-state index in [0.717, 1.165) is 37.5 Å². The molecule has 2 aromatic rings. The molecule has 1 aliphatic rings. The zero-order chi connectivity index (χ0) is 14.7. The van der Waals surface area contributed by atoms with Crippen molar-refractivity contribution in [2.75, 3.05) is 13.1 Å². The summed E-state index contributed by atoms with van der Waals surface area (Å²) in [4.78, 5) is 2.47. The van der Waals surface area contributed by atoms with Gasteiger partial charge in [-0.25, -0.2) is 0 Å². The van der Waals surface area contributed by atoms with E-state index in [0.29, 0.717) is 5.92 Å². The highest BCUT2D eigenvalue weighted by molar-refractivity contribution is 7.07. The summed E-state index contributed by atoms with van der Waals surface area (Å²) in [7, 11) is 0. The number of rotatable bonds is 4. The zero-order valence-corrected chi connectivity index (χ0v) is 13.6. The second-order valence-corrected chi connectivity index (χ2v) is 7.24. The topological polar surface area (TPSA) is 29.3 Å². The van der Waals surface area contributed by atoms with Crippen molar-refractivity contribution in [3.8, 4) is 0 Å². The van der Waals surface area contributed by atoms with E-state index in [1.54, 1.807) is 11.3 Å². The van der Waals surface area contributed by atoms with Crippen molar-refractivity contribution in [1.29, 1.82) is 0 Å². The Labute approximate surface area is 135 Å². The van der Waals surface area contributed by atoms with Crippen molar-refractivity contribution in [2.45, 2.75) is 25.4 Å². The second kappa shape index (κ2) is 6.93. The van der Waals surface area contributed by atoms with Crippen LogP contribution in [-0.2, 0) is 13.0 Å². The summed E-state index contributed by atoms with van der Waals surface area (Å²) in [6.07, 6.45) is 2.27. The molecule has 2 atom stereocenters. The molecule has 4 heteroatoms. The van der Waals surface area contributed by atoms with Gasteiger partial charge >= 0.3 is 0 Å². The van der Waals surface area contributed by atoms with Gasteiger partial charge in [0.2, 0.25) is 0 Å². The van der Waals surface area contributed by atoms with E-state index in [2.05, 4.69) is 33.9 Å². The third-order valence-electron chi connectivity index (χ3n) is 4.04. The van der Waals surface area contributed by atoms with Gasteiger partial charge in [-0.05, 0) is 58.8 Å². The maximum Gasteiger partial charge on any atom is 0.0409 e. The van der Waals surface area contributed by atoms with Crippen LogP contribution < -0.4 is 5.73 Å². The van der Waals surface area contributed by atoms with Gasteiger partial charge in [0.25, 0.3) is 0 Å². The maximum absolute atomic E-state index is 6.26. The molecule has 2 N–H and O–H groups in total. The van der Waals surface area contributed by atoms with Crippen molar-refractivity contribution >= 4 is 22.9 Å². The van der Waals surface area contributed by atoms with Crippen molar-refractivity contribution in [3.05, 3.63) is 57.2 Å². The van der Waals surface area contributed by atoms with Crippen molar-refractivity contribution < 1.29 is 0 Å². The fraction of sp³-hybridized carbons (Fsp3) is 0.412. The molecule has 1 saturated heterocycles. The van der Waals surface area contributed by atoms with Crippen LogP contribution in [0.4, 0.5) is 0 Å². The number of piperidine rings is 1. The number of likely N-dealkylation sites (tertiary alicyclic amines) is 1. The normalized spacial score (nSPS) is 23.3. The minimum Gasteiger partial charge on any atom is -0.327 e. The SMILES string of the molecule is NC1CC(Cc2ccsc2)CN(Cc2cccc(Cl)c2)C1. The first-order chi connectivity index (χ1) is 10.2. The van der Waals surface area contributed by atoms with Crippen molar-refractivity contribution in [2.24, 2.45) is 11.7 Å². The van der Waals surface area contributed by atoms with Crippen LogP contribution in [0.2, 0.25) is 5.02 Å². The van der Waals surface area contributed by atoms with Gasteiger partial charge in [0, 0.05) is 30.7 Å². The second-order valence-electron chi connectivity index (χ2n) is 6.02. The number of hydrogen-bond donors (Lipinski definition) is 1. The smallest absolute Gasteiger partial charge is 0.0409 e. The van der Waals surface area contributed by atoms with Gasteiger partial charge in [0.15, 0.2) is 0 Å². The lowest BCUT2D eigenvalue weighted by Gasteiger charge is -2.36. The molecule has 2 heterocycles. The Morgan fingerprint density at radius 2 is 2.14 bits per heavy atom. The molecule has 0 spiro atoms. The Morgan fingerprint density at radius 3 is 2.90 bits per heavy atom. The monoisotopic (exact) mass is 320 g/mol. The quantitative estimate of drug-likeness (QED) is 0.928. The molecule has 1 aromatic carbocycles. The Hall–Kier alpha value is -0.870. The third kappa shape index (κ3) is 4.30. The zero-order valence-electron chi connectivity index (χ0n) is 12.0. The van der Waals surface area contributed by atoms with Crippen LogP contribution in [0.15, 0.2) is 41.1 Å². The number of hydrogen-bond acceptors (Lipinski definition) is 3. The molecule has 0 saturated carbocycles. The first-order valence-corrected chi connectivity index (χ1v) is 8.74. The molecule has 0 amide bonds. The Balaban J connectivity index is 1.62. The summed E-state index contributed by atoms with van der Waals surface area (Å²) in [5.74, 6) is 0.655. The lowest BCUT2D eigenvalue weighted by atomic mass is 9.89. The minimum absolute atomic E-state index is 0.279. The van der Waals surface area contributed by atoms with Gasteiger partial charge in [0.05, 0.1) is 0 Å². The highest BCUT2D eigenvalue weighted by atomic mass is 35.5. The van der Waals surface area contributed by atoms with Gasteiger partial charge in [-0.15, -0.1) is 0 Å². The molecule has 0 bridgehead atoms. The average molecular weight is 321 g/mol. The lowest BCUT2D eigenvalue weighted by molar-refractivity contribution is 0.149. The van der Waals surface area contributed by atoms with E-state index in [1.807, 2.05) is 12.1 Å². The molecular formula is C17H21ClN2S. The molecule has 21 heavy (non-hydrogen) atoms. The highest BCUT2D eigenvalue weighted by Crippen LogP contribution is 2.23. The first-order valence-electron chi connectivity index (χ1n) is 7.42. The average Bonchev–Trinajstić information content (AvgIpc) is 2.90. The molecule has 1 fully saturated rings. The molecule has 3 rings (SSSR count). The largest absolute Gasteiger partial charge is 0.327 e. The summed E-state index contributed by atoms with van der Waals surface area (Å²) in [6.45, 7) is 3.04. The van der Waals surface area contributed by atoms with Gasteiger partial charge in [0.1, 0.15) is 0 Å². The first kappa shape index (κ1) is 15.0. The number of nitrogens with two attached hydrogens (primary N) is 1. The van der Waals surface area contributed by atoms with E-state index in [1.165, 1.54) is 11.1 Å². The van der Waals surface area contributed by atoms with Gasteiger partial charge in [-0.2, -0.15) is 11.3 Å². The number of benzene rings is 1. The van der Waals surface area contributed by atoms with Crippen LogP contribution in [0.25, 0.3) is 0 Å². The minimum atomic E-state index is 0.279. The lowest BCUT2D eigenvalue weighted by Crippen LogP contribution is -2.47. The van der Waals surface area contributed by atoms with Crippen LogP contribution in [0.1, 0.15) is 17.5 Å². The molecular weight excluding hydrogens is 300 g/mol. The summed E-state index contributed by atoms with van der Waals surface area (Å²) in [5.41, 5.74) is 8.98. The van der Waals surface area contributed by atoms with E-state index < -0.39 is 0 Å². The Morgan fingerprint density at radius 1 is 1.24 bits per heavy atom. The molecule has 1 aliphatic heterocycles. The van der Waals surface area contributed by atoms with Crippen molar-refractivity contribution in [3.63, 3.8) is 0 Å². The number of halogens is 1. The fourth-order valence-electron chi connectivity index (χ4n) is 3.26. The standard InChI is InChI=1S/C17H21ClN2S/c18-16-3-1-2-13(7-16)9-20-10-15(8-17(19)11-20)6-14-4-5-21-12-14/h1-5,7,12,15,17H,6,8-11,19H2. The summed E-state index contributed by atoms with van der Waals surface area (Å²) in [6, 6.07) is 10.6. The van der Waals surface area contributed by atoms with Crippen LogP contribution in [0.5, 0.6) is 0 Å². The Kier molecular flexibility index (Phi) is 4.96. The molecule has 0 aliphatic carbocycles. The van der Waals surface area contributed by atoms with Crippen LogP contribution >= 0.6 is 22.9 Å². The van der Waals surface area contributed by atoms with Crippen LogP contribution in [-0.4, -0.2) is 24.0 Å². The molecule has 112 valence electrons. The van der Waals surface area contributed by atoms with E-state index >= 15 is 0 Å². The number of thiophene rings is 1. The predicted molar refractivity (Wildman–Crippen MR) is 90.8 cm³/mol. The fourth-order valence-corrected chi connectivity index (χ4v) is 4.16. The van der Waals surface area contributed by atoms with E-state index in [-0.39, 0.29) is 6.04 Å². The van der Waals surface area contributed by atoms with Crippen LogP contribution in [0, 0.1) is 5.92 Å². The van der Waals surface area contributed by atoms with Gasteiger partial charge in [-0.3, -0.25) is 4.90 Å². The Bertz CT molecular complexity index is 570. The third-order valence-corrected chi connectivity index (χ3v) is 5.01. The highest BCUT2D eigenvalue weighted by Gasteiger charge is 2.25. The van der Waals surface area contributed by atoms with Gasteiger partial charge in [-0.1, -0.05) is 23.7 Å². The molecule has 1 aromatic heterocycles. The molecule has 2 nitrogen and oxygen atoms in total. The van der Waals surface area contributed by atoms with Crippen molar-refractivity contribution in [1.82, 2.24) is 4.90 Å². The molecule has 2 unspecified atom stereocenters. The number of nitrogens with zero attached hydrogens (tertiary/aromatic N) is 1. The summed E-state index contributed by atoms with van der Waals surface area (Å²) < 4.78 is 0. The van der Waals surface area contributed by atoms with Crippen LogP contribution in [0.3, 0.4) is 0 Å². The maximum atomic E-state index is 6.26. The van der Waals surface area contributed by atoms with E-state index in [4.69, 9.17) is 17.3 Å². The summed E-state index contributed by atoms with van der Waals surface area (Å²) >= 11 is 7.85. The van der Waals surface area contributed by atoms with E-state index in [9.17, 15) is 0 Å². The molecule has 0 radical (unpaired) electrons. The van der Waals surface area contributed by atoms with Gasteiger partial charge < -0.3 is 5.73 Å².